The minimum Gasteiger partial charge on any atom is -0.504 e. The first kappa shape index (κ1) is 31.5. The van der Waals surface area contributed by atoms with Crippen LogP contribution >= 0.6 is 22.6 Å². The Bertz CT molecular complexity index is 1240. The van der Waals surface area contributed by atoms with Crippen molar-refractivity contribution in [3.05, 3.63) is 38.0 Å². The van der Waals surface area contributed by atoms with Crippen molar-refractivity contribution in [2.75, 3.05) is 20.3 Å². The van der Waals surface area contributed by atoms with Gasteiger partial charge in [0, 0.05) is 18.9 Å². The van der Waals surface area contributed by atoms with E-state index in [0.717, 1.165) is 28.4 Å². The van der Waals surface area contributed by atoms with Crippen LogP contribution in [0.15, 0.2) is 28.9 Å². The van der Waals surface area contributed by atoms with Gasteiger partial charge < -0.3 is 19.7 Å². The van der Waals surface area contributed by atoms with Gasteiger partial charge in [-0.05, 0) is 90.3 Å². The van der Waals surface area contributed by atoms with E-state index in [0.29, 0.717) is 44.6 Å². The molecule has 2 N–H and O–H groups in total. The number of likely N-dealkylation sites (tertiary alicyclic amines) is 1. The second-order valence-electron chi connectivity index (χ2n) is 11.7. The number of nitrogens with zero attached hydrogens (tertiary/aromatic N) is 1. The highest BCUT2D eigenvalue weighted by Crippen LogP contribution is 2.51. The summed E-state index contributed by atoms with van der Waals surface area (Å²) < 4.78 is 12.4. The van der Waals surface area contributed by atoms with E-state index in [9.17, 15) is 19.5 Å². The summed E-state index contributed by atoms with van der Waals surface area (Å²) in [4.78, 5) is 39.2. The second-order valence-corrected chi connectivity index (χ2v) is 12.8. The van der Waals surface area contributed by atoms with Crippen molar-refractivity contribution in [1.82, 2.24) is 4.90 Å². The van der Waals surface area contributed by atoms with Gasteiger partial charge in [0.15, 0.2) is 11.5 Å². The zero-order valence-electron chi connectivity index (χ0n) is 24.5. The van der Waals surface area contributed by atoms with Crippen LogP contribution in [0.25, 0.3) is 6.08 Å². The number of methoxy groups -OCH3 is 1. The number of fused-ring (bicyclic) bond motifs is 3. The number of carbonyl (C=O) groups excluding carboxylic acids is 2. The Morgan fingerprint density at radius 1 is 1.17 bits per heavy atom. The van der Waals surface area contributed by atoms with E-state index in [2.05, 4.69) is 49.4 Å². The van der Waals surface area contributed by atoms with Crippen molar-refractivity contribution in [3.8, 4) is 11.5 Å². The van der Waals surface area contributed by atoms with Crippen molar-refractivity contribution in [2.45, 2.75) is 78.2 Å². The first-order valence-electron chi connectivity index (χ1n) is 14.7. The zero-order chi connectivity index (χ0) is 29.8. The van der Waals surface area contributed by atoms with E-state index in [1.807, 2.05) is 12.1 Å². The van der Waals surface area contributed by atoms with E-state index in [4.69, 9.17) is 14.6 Å². The monoisotopic (exact) mass is 679 g/mol. The Balaban J connectivity index is 1.48. The molecule has 2 heterocycles. The molecule has 0 spiro atoms. The Hall–Kier alpha value is -2.40. The number of hydrogen-bond acceptors (Lipinski definition) is 6. The molecule has 1 aromatic carbocycles. The van der Waals surface area contributed by atoms with Gasteiger partial charge in [-0.3, -0.25) is 19.3 Å². The number of ether oxygens (including phenoxy) is 2. The van der Waals surface area contributed by atoms with Crippen LogP contribution < -0.4 is 4.74 Å². The van der Waals surface area contributed by atoms with E-state index in [-0.39, 0.29) is 53.8 Å². The number of halogens is 1. The standard InChI is InChI=1S/C32H42INO7/c1-5-19(13-20-14-24(33)30(37)26(15-20)40-4)10-11-25-28-21(18(2)3)16-22-29(23(28)17-41-25)32(39)34(31(22)38)12-8-6-7-9-27(35)36/h13-15,18,22-23,25,29,37H,5-12,16-17H2,1-4H3,(H,35,36)/b19-13+/t22-,23+,25-,29-/m1/s1. The van der Waals surface area contributed by atoms with E-state index >= 15 is 0 Å². The quantitative estimate of drug-likeness (QED) is 0.111. The molecule has 2 aliphatic heterocycles. The molecular formula is C32H42INO7. The third-order valence-electron chi connectivity index (χ3n) is 8.83. The first-order valence-corrected chi connectivity index (χ1v) is 15.8. The number of aliphatic carboxylic acids is 1. The number of allylic oxidation sites excluding steroid dienone is 2. The number of hydrogen-bond donors (Lipinski definition) is 2. The van der Waals surface area contributed by atoms with Crippen LogP contribution in [0.1, 0.15) is 77.7 Å². The molecule has 4 rings (SSSR count). The fourth-order valence-electron chi connectivity index (χ4n) is 6.70. The minimum absolute atomic E-state index is 0.0680. The number of benzene rings is 1. The van der Waals surface area contributed by atoms with Gasteiger partial charge in [-0.15, -0.1) is 0 Å². The van der Waals surface area contributed by atoms with Crippen LogP contribution in [0.5, 0.6) is 11.5 Å². The molecule has 0 saturated carbocycles. The number of carboxylic acid groups (broad SMARTS) is 1. The molecule has 0 unspecified atom stereocenters. The lowest BCUT2D eigenvalue weighted by Crippen LogP contribution is -2.35. The number of imide groups is 1. The number of carbonyl (C=O) groups is 3. The fourth-order valence-corrected chi connectivity index (χ4v) is 7.33. The summed E-state index contributed by atoms with van der Waals surface area (Å²) in [5.74, 6) is -0.878. The summed E-state index contributed by atoms with van der Waals surface area (Å²) in [6.07, 6.45) is 7.17. The predicted molar refractivity (Wildman–Crippen MR) is 164 cm³/mol. The van der Waals surface area contributed by atoms with Crippen LogP contribution in [0.3, 0.4) is 0 Å². The van der Waals surface area contributed by atoms with Gasteiger partial charge in [-0.1, -0.05) is 44.4 Å². The number of unbranched alkanes of at least 4 members (excludes halogenated alkanes) is 2. The molecule has 2 saturated heterocycles. The van der Waals surface area contributed by atoms with Crippen LogP contribution in [0, 0.1) is 27.2 Å². The summed E-state index contributed by atoms with van der Waals surface area (Å²) >= 11 is 2.11. The largest absolute Gasteiger partial charge is 0.504 e. The Morgan fingerprint density at radius 3 is 2.59 bits per heavy atom. The molecule has 3 aliphatic rings. The highest BCUT2D eigenvalue weighted by molar-refractivity contribution is 14.1. The van der Waals surface area contributed by atoms with Crippen molar-refractivity contribution >= 4 is 46.5 Å². The van der Waals surface area contributed by atoms with Gasteiger partial charge in [0.25, 0.3) is 0 Å². The topological polar surface area (TPSA) is 113 Å². The number of phenols is 1. The van der Waals surface area contributed by atoms with Gasteiger partial charge in [-0.25, -0.2) is 0 Å². The molecule has 9 heteroatoms. The lowest BCUT2D eigenvalue weighted by molar-refractivity contribution is -0.141. The maximum absolute atomic E-state index is 13.6. The molecule has 0 aromatic heterocycles. The molecule has 1 aromatic rings. The molecular weight excluding hydrogens is 637 g/mol. The van der Waals surface area contributed by atoms with E-state index in [1.54, 1.807) is 7.11 Å². The molecule has 1 aliphatic carbocycles. The highest BCUT2D eigenvalue weighted by Gasteiger charge is 2.56. The molecule has 2 fully saturated rings. The number of aromatic hydroxyl groups is 1. The van der Waals surface area contributed by atoms with Crippen LogP contribution in [-0.2, 0) is 19.1 Å². The molecule has 4 atom stereocenters. The molecule has 2 amide bonds. The number of phenolic OH excluding ortho intramolecular Hbond substituents is 1. The molecule has 0 radical (unpaired) electrons. The summed E-state index contributed by atoms with van der Waals surface area (Å²) in [6.45, 7) is 7.28. The maximum atomic E-state index is 13.6. The number of amides is 2. The van der Waals surface area contributed by atoms with Crippen molar-refractivity contribution in [1.29, 1.82) is 0 Å². The van der Waals surface area contributed by atoms with Gasteiger partial charge in [0.1, 0.15) is 0 Å². The van der Waals surface area contributed by atoms with Crippen molar-refractivity contribution in [2.24, 2.45) is 23.7 Å². The Kier molecular flexibility index (Phi) is 10.5. The predicted octanol–water partition coefficient (Wildman–Crippen LogP) is 6.20. The first-order chi connectivity index (χ1) is 19.6. The van der Waals surface area contributed by atoms with Gasteiger partial charge in [0.2, 0.25) is 11.8 Å². The third-order valence-corrected chi connectivity index (χ3v) is 9.65. The zero-order valence-corrected chi connectivity index (χ0v) is 26.6. The summed E-state index contributed by atoms with van der Waals surface area (Å²) in [6, 6.07) is 3.79. The maximum Gasteiger partial charge on any atom is 0.303 e. The molecule has 224 valence electrons. The third kappa shape index (κ3) is 6.82. The van der Waals surface area contributed by atoms with Crippen LogP contribution in [0.2, 0.25) is 0 Å². The van der Waals surface area contributed by atoms with Gasteiger partial charge >= 0.3 is 5.97 Å². The summed E-state index contributed by atoms with van der Waals surface area (Å²) in [7, 11) is 1.55. The van der Waals surface area contributed by atoms with Gasteiger partial charge in [0.05, 0.1) is 35.2 Å². The van der Waals surface area contributed by atoms with Crippen molar-refractivity contribution in [3.63, 3.8) is 0 Å². The van der Waals surface area contributed by atoms with Gasteiger partial charge in [-0.2, -0.15) is 0 Å². The number of carboxylic acids is 1. The fraction of sp³-hybridized carbons (Fsp3) is 0.594. The lowest BCUT2D eigenvalue weighted by Gasteiger charge is -2.33. The average molecular weight is 680 g/mol. The Morgan fingerprint density at radius 2 is 1.93 bits per heavy atom. The summed E-state index contributed by atoms with van der Waals surface area (Å²) in [5, 5.41) is 19.1. The normalized spacial score (nSPS) is 24.3. The summed E-state index contributed by atoms with van der Waals surface area (Å²) in [5.41, 5.74) is 4.75. The van der Waals surface area contributed by atoms with E-state index < -0.39 is 5.97 Å². The van der Waals surface area contributed by atoms with Crippen LogP contribution in [0.4, 0.5) is 0 Å². The Labute approximate surface area is 256 Å². The second kappa shape index (κ2) is 13.7. The minimum atomic E-state index is -0.822. The smallest absolute Gasteiger partial charge is 0.303 e. The SMILES string of the molecule is CC/C(=C\c1cc(I)c(O)c(OC)c1)CC[C@H]1OC[C@H]2C1=C(C(C)C)C[C@H]1C(=O)N(CCCCCC(=O)O)C(=O)[C@H]12. The van der Waals surface area contributed by atoms with Crippen molar-refractivity contribution < 1.29 is 34.1 Å². The molecule has 41 heavy (non-hydrogen) atoms. The lowest BCUT2D eigenvalue weighted by atomic mass is 9.67. The number of rotatable bonds is 13. The average Bonchev–Trinajstić information content (AvgIpc) is 3.46. The van der Waals surface area contributed by atoms with E-state index in [1.165, 1.54) is 21.6 Å². The molecule has 0 bridgehead atoms. The van der Waals surface area contributed by atoms with Crippen LogP contribution in [-0.4, -0.2) is 59.3 Å². The highest BCUT2D eigenvalue weighted by atomic mass is 127. The molecule has 8 nitrogen and oxygen atoms in total.